The monoisotopic (exact) mass is 270 g/mol. The van der Waals surface area contributed by atoms with E-state index in [0.717, 1.165) is 28.1 Å². The van der Waals surface area contributed by atoms with Crippen LogP contribution in [0.5, 0.6) is 0 Å². The van der Waals surface area contributed by atoms with Crippen molar-refractivity contribution in [1.29, 1.82) is 0 Å². The van der Waals surface area contributed by atoms with Crippen molar-refractivity contribution in [2.45, 2.75) is 6.54 Å². The molecule has 0 saturated heterocycles. The number of benzene rings is 2. The predicted molar refractivity (Wildman–Crippen MR) is 75.0 cm³/mol. The third-order valence-corrected chi connectivity index (χ3v) is 3.30. The van der Waals surface area contributed by atoms with Crippen LogP contribution in [0.1, 0.15) is 5.69 Å². The molecule has 1 aromatic heterocycles. The maximum atomic E-state index is 13.4. The third-order valence-electron chi connectivity index (χ3n) is 3.30. The molecule has 2 nitrogen and oxygen atoms in total. The van der Waals surface area contributed by atoms with Gasteiger partial charge in [0.25, 0.3) is 0 Å². The number of hydrogen-bond donors (Lipinski definition) is 1. The molecule has 0 saturated carbocycles. The standard InChI is InChI=1S/C16H12F2N2/c17-14-6-5-10(7-15(14)18)13-9-20-16(8-19)12-4-2-1-3-11(12)13/h1-7,9H,8,19H2. The molecule has 3 rings (SSSR count). The van der Waals surface area contributed by atoms with Crippen LogP contribution in [0.4, 0.5) is 8.78 Å². The fraction of sp³-hybridized carbons (Fsp3) is 0.0625. The highest BCUT2D eigenvalue weighted by atomic mass is 19.2. The van der Waals surface area contributed by atoms with Gasteiger partial charge in [-0.1, -0.05) is 30.3 Å². The fourth-order valence-corrected chi connectivity index (χ4v) is 2.31. The van der Waals surface area contributed by atoms with Gasteiger partial charge in [0.1, 0.15) is 0 Å². The van der Waals surface area contributed by atoms with Gasteiger partial charge in [-0.3, -0.25) is 4.98 Å². The highest BCUT2D eigenvalue weighted by Gasteiger charge is 2.10. The molecule has 0 aliphatic rings. The van der Waals surface area contributed by atoms with Crippen LogP contribution in [-0.4, -0.2) is 4.98 Å². The molecule has 0 aliphatic heterocycles. The Morgan fingerprint density at radius 2 is 1.70 bits per heavy atom. The van der Waals surface area contributed by atoms with E-state index in [1.165, 1.54) is 6.07 Å². The van der Waals surface area contributed by atoms with E-state index in [2.05, 4.69) is 4.98 Å². The van der Waals surface area contributed by atoms with Gasteiger partial charge in [-0.25, -0.2) is 8.78 Å². The Hall–Kier alpha value is -2.33. The minimum atomic E-state index is -0.866. The van der Waals surface area contributed by atoms with Crippen molar-refractivity contribution in [2.75, 3.05) is 0 Å². The number of fused-ring (bicyclic) bond motifs is 1. The van der Waals surface area contributed by atoms with Gasteiger partial charge < -0.3 is 5.73 Å². The highest BCUT2D eigenvalue weighted by molar-refractivity contribution is 5.97. The van der Waals surface area contributed by atoms with Gasteiger partial charge >= 0.3 is 0 Å². The summed E-state index contributed by atoms with van der Waals surface area (Å²) >= 11 is 0. The van der Waals surface area contributed by atoms with E-state index in [4.69, 9.17) is 5.73 Å². The molecule has 0 spiro atoms. The van der Waals surface area contributed by atoms with Crippen molar-refractivity contribution in [3.63, 3.8) is 0 Å². The number of nitrogens with two attached hydrogens (primary N) is 1. The lowest BCUT2D eigenvalue weighted by molar-refractivity contribution is 0.509. The number of aromatic nitrogens is 1. The van der Waals surface area contributed by atoms with Gasteiger partial charge in [0.2, 0.25) is 0 Å². The summed E-state index contributed by atoms with van der Waals surface area (Å²) in [6, 6.07) is 11.5. The van der Waals surface area contributed by atoms with Crippen LogP contribution in [0.15, 0.2) is 48.7 Å². The summed E-state index contributed by atoms with van der Waals surface area (Å²) in [5, 5.41) is 1.85. The van der Waals surface area contributed by atoms with Crippen LogP contribution in [-0.2, 0) is 6.54 Å². The van der Waals surface area contributed by atoms with E-state index in [9.17, 15) is 8.78 Å². The van der Waals surface area contributed by atoms with Crippen LogP contribution in [0.2, 0.25) is 0 Å². The molecule has 1 heterocycles. The summed E-state index contributed by atoms with van der Waals surface area (Å²) < 4.78 is 26.4. The SMILES string of the molecule is NCc1ncc(-c2ccc(F)c(F)c2)c2ccccc12. The largest absolute Gasteiger partial charge is 0.325 e. The van der Waals surface area contributed by atoms with Gasteiger partial charge in [-0.15, -0.1) is 0 Å². The minimum absolute atomic E-state index is 0.332. The molecule has 20 heavy (non-hydrogen) atoms. The van der Waals surface area contributed by atoms with E-state index in [-0.39, 0.29) is 0 Å². The quantitative estimate of drug-likeness (QED) is 0.772. The molecule has 3 aromatic rings. The molecule has 0 radical (unpaired) electrons. The Bertz CT molecular complexity index is 785. The summed E-state index contributed by atoms with van der Waals surface area (Å²) in [5.74, 6) is -1.72. The van der Waals surface area contributed by atoms with E-state index in [1.54, 1.807) is 12.3 Å². The first-order valence-electron chi connectivity index (χ1n) is 6.23. The molecule has 2 aromatic carbocycles. The zero-order chi connectivity index (χ0) is 14.1. The summed E-state index contributed by atoms with van der Waals surface area (Å²) in [5.41, 5.74) is 7.82. The van der Waals surface area contributed by atoms with Gasteiger partial charge in [0, 0.05) is 23.7 Å². The molecule has 0 aliphatic carbocycles. The molecule has 0 unspecified atom stereocenters. The maximum absolute atomic E-state index is 13.4. The van der Waals surface area contributed by atoms with Crippen molar-refractivity contribution in [3.05, 3.63) is 66.0 Å². The molecule has 0 bridgehead atoms. The van der Waals surface area contributed by atoms with Gasteiger partial charge in [-0.05, 0) is 23.1 Å². The Morgan fingerprint density at radius 3 is 2.40 bits per heavy atom. The molecule has 0 amide bonds. The second-order valence-corrected chi connectivity index (χ2v) is 4.50. The first-order valence-corrected chi connectivity index (χ1v) is 6.23. The molecule has 0 fully saturated rings. The van der Waals surface area contributed by atoms with E-state index in [1.807, 2.05) is 24.3 Å². The van der Waals surface area contributed by atoms with Crippen molar-refractivity contribution in [2.24, 2.45) is 5.73 Å². The van der Waals surface area contributed by atoms with Crippen molar-refractivity contribution < 1.29 is 8.78 Å². The van der Waals surface area contributed by atoms with Crippen molar-refractivity contribution >= 4 is 10.8 Å². The summed E-state index contributed by atoms with van der Waals surface area (Å²) in [7, 11) is 0. The lowest BCUT2D eigenvalue weighted by atomic mass is 9.99. The van der Waals surface area contributed by atoms with Crippen LogP contribution < -0.4 is 5.73 Å². The first kappa shape index (κ1) is 12.7. The number of halogens is 2. The Kier molecular flexibility index (Phi) is 3.16. The average Bonchev–Trinajstić information content (AvgIpc) is 2.49. The summed E-state index contributed by atoms with van der Waals surface area (Å²) in [6.07, 6.45) is 1.65. The Labute approximate surface area is 114 Å². The normalized spacial score (nSPS) is 10.9. The predicted octanol–water partition coefficient (Wildman–Crippen LogP) is 3.64. The Balaban J connectivity index is 2.29. The molecule has 0 atom stereocenters. The summed E-state index contributed by atoms with van der Waals surface area (Å²) in [4.78, 5) is 4.31. The number of pyridine rings is 1. The molecule has 4 heteroatoms. The van der Waals surface area contributed by atoms with E-state index >= 15 is 0 Å². The van der Waals surface area contributed by atoms with E-state index in [0.29, 0.717) is 12.1 Å². The second-order valence-electron chi connectivity index (χ2n) is 4.50. The summed E-state index contributed by atoms with van der Waals surface area (Å²) in [6.45, 7) is 0.332. The van der Waals surface area contributed by atoms with E-state index < -0.39 is 11.6 Å². The van der Waals surface area contributed by atoms with Crippen LogP contribution >= 0.6 is 0 Å². The lowest BCUT2D eigenvalue weighted by Gasteiger charge is -2.10. The number of rotatable bonds is 2. The smallest absolute Gasteiger partial charge is 0.159 e. The second kappa shape index (κ2) is 4.98. The molecular weight excluding hydrogens is 258 g/mol. The Morgan fingerprint density at radius 1 is 0.950 bits per heavy atom. The zero-order valence-electron chi connectivity index (χ0n) is 10.6. The fourth-order valence-electron chi connectivity index (χ4n) is 2.31. The first-order chi connectivity index (χ1) is 9.70. The third kappa shape index (κ3) is 2.04. The van der Waals surface area contributed by atoms with Crippen molar-refractivity contribution in [3.8, 4) is 11.1 Å². The number of nitrogens with zero attached hydrogens (tertiary/aromatic N) is 1. The van der Waals surface area contributed by atoms with Crippen LogP contribution in [0.25, 0.3) is 21.9 Å². The maximum Gasteiger partial charge on any atom is 0.159 e. The van der Waals surface area contributed by atoms with Crippen molar-refractivity contribution in [1.82, 2.24) is 4.98 Å². The zero-order valence-corrected chi connectivity index (χ0v) is 10.6. The number of hydrogen-bond acceptors (Lipinski definition) is 2. The van der Waals surface area contributed by atoms with Crippen LogP contribution in [0, 0.1) is 11.6 Å². The minimum Gasteiger partial charge on any atom is -0.325 e. The van der Waals surface area contributed by atoms with Crippen LogP contribution in [0.3, 0.4) is 0 Å². The topological polar surface area (TPSA) is 38.9 Å². The average molecular weight is 270 g/mol. The molecule has 100 valence electrons. The van der Waals surface area contributed by atoms with Gasteiger partial charge in [-0.2, -0.15) is 0 Å². The molecule has 2 N–H and O–H groups in total. The van der Waals surface area contributed by atoms with Gasteiger partial charge in [0.15, 0.2) is 11.6 Å². The van der Waals surface area contributed by atoms with Gasteiger partial charge in [0.05, 0.1) is 5.69 Å². The lowest BCUT2D eigenvalue weighted by Crippen LogP contribution is -2.01. The highest BCUT2D eigenvalue weighted by Crippen LogP contribution is 2.30. The molecular formula is C16H12F2N2.